The number of carbonyl (C=O) groups excluding carboxylic acids is 1. The van der Waals surface area contributed by atoms with Crippen LogP contribution in [0, 0.1) is 5.82 Å². The summed E-state index contributed by atoms with van der Waals surface area (Å²) in [6.07, 6.45) is 6.58. The van der Waals surface area contributed by atoms with Gasteiger partial charge in [0.1, 0.15) is 17.2 Å². The van der Waals surface area contributed by atoms with E-state index in [4.69, 9.17) is 4.99 Å². The van der Waals surface area contributed by atoms with Crippen molar-refractivity contribution in [2.75, 3.05) is 0 Å². The van der Waals surface area contributed by atoms with Crippen LogP contribution in [-0.2, 0) is 16.7 Å². The van der Waals surface area contributed by atoms with Crippen molar-refractivity contribution in [2.45, 2.75) is 69.3 Å². The maximum atomic E-state index is 14.5. The highest BCUT2D eigenvalue weighted by atomic mass is 79.9. The van der Waals surface area contributed by atoms with Crippen LogP contribution in [0.5, 0.6) is 0 Å². The van der Waals surface area contributed by atoms with Gasteiger partial charge in [-0.2, -0.15) is 0 Å². The zero-order valence-electron chi connectivity index (χ0n) is 14.5. The molecule has 0 saturated heterocycles. The number of rotatable bonds is 6. The number of unbranched alkanes of at least 4 members (excludes halogenated alkanes) is 1. The van der Waals surface area contributed by atoms with Crippen molar-refractivity contribution >= 4 is 43.6 Å². The Hall–Kier alpha value is -0.750. The third-order valence-corrected chi connectivity index (χ3v) is 6.51. The first-order valence-electron chi connectivity index (χ1n) is 8.94. The fourth-order valence-electron chi connectivity index (χ4n) is 3.74. The van der Waals surface area contributed by atoms with E-state index in [1.54, 1.807) is 4.90 Å². The van der Waals surface area contributed by atoms with Crippen LogP contribution in [0.1, 0.15) is 63.0 Å². The number of carbonyl (C=O) groups is 1. The highest BCUT2D eigenvalue weighted by Crippen LogP contribution is 2.40. The van der Waals surface area contributed by atoms with Gasteiger partial charge in [0.15, 0.2) is 0 Å². The van der Waals surface area contributed by atoms with Crippen LogP contribution in [0.25, 0.3) is 0 Å². The molecule has 1 spiro atoms. The lowest BCUT2D eigenvalue weighted by Gasteiger charge is -2.23. The summed E-state index contributed by atoms with van der Waals surface area (Å²) in [6, 6.07) is 3.32. The maximum Gasteiger partial charge on any atom is 0.256 e. The molecule has 0 unspecified atom stereocenters. The Morgan fingerprint density at radius 1 is 1.28 bits per heavy atom. The molecule has 25 heavy (non-hydrogen) atoms. The van der Waals surface area contributed by atoms with Gasteiger partial charge < -0.3 is 0 Å². The fraction of sp³-hybridized carbons (Fsp3) is 0.579. The number of benzene rings is 1. The molecule has 1 fully saturated rings. The molecule has 3 nitrogen and oxygen atoms in total. The molecule has 6 heteroatoms. The Morgan fingerprint density at radius 2 is 2.00 bits per heavy atom. The van der Waals surface area contributed by atoms with Crippen LogP contribution in [0.2, 0.25) is 0 Å². The van der Waals surface area contributed by atoms with E-state index in [0.29, 0.717) is 10.9 Å². The summed E-state index contributed by atoms with van der Waals surface area (Å²) in [7, 11) is 0. The van der Waals surface area contributed by atoms with Gasteiger partial charge in [-0.15, -0.1) is 0 Å². The van der Waals surface area contributed by atoms with Crippen molar-refractivity contribution in [1.29, 1.82) is 0 Å². The van der Waals surface area contributed by atoms with Gasteiger partial charge in [0.05, 0.1) is 6.54 Å². The molecule has 136 valence electrons. The molecule has 3 rings (SSSR count). The first kappa shape index (κ1) is 19.0. The van der Waals surface area contributed by atoms with Gasteiger partial charge in [-0.3, -0.25) is 14.7 Å². The molecule has 2 aliphatic rings. The van der Waals surface area contributed by atoms with Gasteiger partial charge in [0.25, 0.3) is 5.91 Å². The van der Waals surface area contributed by atoms with E-state index >= 15 is 0 Å². The minimum Gasteiger partial charge on any atom is -0.294 e. The fourth-order valence-corrected chi connectivity index (χ4v) is 5.03. The summed E-state index contributed by atoms with van der Waals surface area (Å²) >= 11 is 6.82. The summed E-state index contributed by atoms with van der Waals surface area (Å²) in [5.74, 6) is 0.627. The third kappa shape index (κ3) is 3.70. The zero-order valence-corrected chi connectivity index (χ0v) is 17.6. The molecule has 0 radical (unpaired) electrons. The Morgan fingerprint density at radius 3 is 2.64 bits per heavy atom. The van der Waals surface area contributed by atoms with E-state index in [-0.39, 0.29) is 18.3 Å². The van der Waals surface area contributed by atoms with E-state index in [1.165, 1.54) is 6.07 Å². The van der Waals surface area contributed by atoms with Crippen molar-refractivity contribution in [2.24, 2.45) is 4.99 Å². The normalized spacial score (nSPS) is 19.1. The Balaban J connectivity index is 1.89. The highest BCUT2D eigenvalue weighted by Gasteiger charge is 2.49. The average molecular weight is 474 g/mol. The van der Waals surface area contributed by atoms with E-state index in [0.717, 1.165) is 60.8 Å². The number of halogens is 3. The van der Waals surface area contributed by atoms with Crippen LogP contribution in [0.15, 0.2) is 21.6 Å². The molecule has 1 amide bonds. The quantitative estimate of drug-likeness (QED) is 0.485. The van der Waals surface area contributed by atoms with E-state index in [9.17, 15) is 9.18 Å². The Labute approximate surface area is 165 Å². The number of amidine groups is 1. The molecular weight excluding hydrogens is 451 g/mol. The van der Waals surface area contributed by atoms with Gasteiger partial charge in [0, 0.05) is 21.8 Å². The summed E-state index contributed by atoms with van der Waals surface area (Å²) in [6.45, 7) is 2.39. The lowest BCUT2D eigenvalue weighted by Crippen LogP contribution is -2.40. The van der Waals surface area contributed by atoms with Gasteiger partial charge in [-0.05, 0) is 37.0 Å². The number of amides is 1. The van der Waals surface area contributed by atoms with E-state index < -0.39 is 5.54 Å². The predicted molar refractivity (Wildman–Crippen MR) is 105 cm³/mol. The lowest BCUT2D eigenvalue weighted by molar-refractivity contribution is -0.131. The topological polar surface area (TPSA) is 32.7 Å². The summed E-state index contributed by atoms with van der Waals surface area (Å²) in [5.41, 5.74) is 0.962. The van der Waals surface area contributed by atoms with Crippen molar-refractivity contribution < 1.29 is 9.18 Å². The third-order valence-electron chi connectivity index (χ3n) is 5.17. The molecular formula is C19H23Br2FN2O. The van der Waals surface area contributed by atoms with Crippen LogP contribution in [-0.4, -0.2) is 22.2 Å². The second-order valence-corrected chi connectivity index (χ2v) is 8.35. The molecule has 0 atom stereocenters. The van der Waals surface area contributed by atoms with Crippen molar-refractivity contribution in [3.8, 4) is 0 Å². The van der Waals surface area contributed by atoms with Crippen molar-refractivity contribution in [1.82, 2.24) is 4.90 Å². The first-order chi connectivity index (χ1) is 12.0. The number of aliphatic imine (C=N–C) groups is 1. The molecule has 1 heterocycles. The maximum absolute atomic E-state index is 14.5. The number of alkyl halides is 1. The molecule has 1 saturated carbocycles. The first-order valence-corrected chi connectivity index (χ1v) is 10.9. The number of hydrogen-bond donors (Lipinski definition) is 0. The lowest BCUT2D eigenvalue weighted by atomic mass is 9.98. The molecule has 1 aromatic carbocycles. The minimum absolute atomic E-state index is 0.0683. The summed E-state index contributed by atoms with van der Waals surface area (Å²) < 4.78 is 15.2. The van der Waals surface area contributed by atoms with E-state index in [1.807, 2.05) is 6.07 Å². The van der Waals surface area contributed by atoms with Crippen LogP contribution >= 0.6 is 31.9 Å². The predicted octanol–water partition coefficient (Wildman–Crippen LogP) is 5.73. The Bertz CT molecular complexity index is 699. The molecule has 0 aromatic heterocycles. The minimum atomic E-state index is -0.562. The van der Waals surface area contributed by atoms with E-state index in [2.05, 4.69) is 38.8 Å². The largest absolute Gasteiger partial charge is 0.294 e. The second kappa shape index (κ2) is 7.87. The monoisotopic (exact) mass is 472 g/mol. The number of nitrogens with zero attached hydrogens (tertiary/aromatic N) is 2. The highest BCUT2D eigenvalue weighted by molar-refractivity contribution is 9.10. The molecule has 0 bridgehead atoms. The zero-order chi connectivity index (χ0) is 18.0. The van der Waals surface area contributed by atoms with Crippen LogP contribution < -0.4 is 0 Å². The summed E-state index contributed by atoms with van der Waals surface area (Å²) in [4.78, 5) is 19.7. The standard InChI is InChI=1S/C19H23Br2FN2O/c1-2-3-6-17-23-19(7-4-5-8-19)18(25)24(17)12-14-9-13(11-20)15(21)10-16(14)22/h9-10H,2-8,11-12H2,1H3. The summed E-state index contributed by atoms with van der Waals surface area (Å²) in [5, 5.41) is 0.634. The van der Waals surface area contributed by atoms with Gasteiger partial charge in [-0.25, -0.2) is 4.39 Å². The van der Waals surface area contributed by atoms with Crippen molar-refractivity contribution in [3.05, 3.63) is 33.5 Å². The smallest absolute Gasteiger partial charge is 0.256 e. The SMILES string of the molecule is CCCCC1=NC2(CCCC2)C(=O)N1Cc1cc(CBr)c(Br)cc1F. The van der Waals surface area contributed by atoms with Gasteiger partial charge in [0.2, 0.25) is 0 Å². The van der Waals surface area contributed by atoms with Crippen LogP contribution in [0.3, 0.4) is 0 Å². The molecule has 0 N–H and O–H groups in total. The second-order valence-electron chi connectivity index (χ2n) is 6.93. The molecule has 1 aliphatic carbocycles. The van der Waals surface area contributed by atoms with Gasteiger partial charge in [-0.1, -0.05) is 58.0 Å². The average Bonchev–Trinajstić information content (AvgIpc) is 3.16. The number of hydrogen-bond acceptors (Lipinski definition) is 2. The Kier molecular flexibility index (Phi) is 5.99. The van der Waals surface area contributed by atoms with Gasteiger partial charge >= 0.3 is 0 Å². The molecule has 1 aliphatic heterocycles. The molecule has 1 aromatic rings. The van der Waals surface area contributed by atoms with Crippen molar-refractivity contribution in [3.63, 3.8) is 0 Å². The van der Waals surface area contributed by atoms with Crippen LogP contribution in [0.4, 0.5) is 4.39 Å².